The molecule has 0 aliphatic carbocycles. The fraction of sp³-hybridized carbons (Fsp3) is 0.154. The first-order valence-corrected chi connectivity index (χ1v) is 6.98. The molecule has 0 spiro atoms. The van der Waals surface area contributed by atoms with Crippen molar-refractivity contribution in [3.63, 3.8) is 0 Å². The van der Waals surface area contributed by atoms with E-state index in [2.05, 4.69) is 36.8 Å². The minimum absolute atomic E-state index is 0.0528. The van der Waals surface area contributed by atoms with E-state index in [9.17, 15) is 13.9 Å². The lowest BCUT2D eigenvalue weighted by atomic mass is 10.0. The second-order valence-corrected chi connectivity index (χ2v) is 5.70. The Morgan fingerprint density at radius 2 is 1.95 bits per heavy atom. The van der Waals surface area contributed by atoms with Crippen molar-refractivity contribution in [2.24, 2.45) is 0 Å². The molecule has 1 atom stereocenters. The summed E-state index contributed by atoms with van der Waals surface area (Å²) in [5.41, 5.74) is 1.09. The Hall–Kier alpha value is -0.850. The molecule has 0 aliphatic rings. The van der Waals surface area contributed by atoms with Gasteiger partial charge in [-0.05, 0) is 55.1 Å². The molecule has 0 fully saturated rings. The minimum Gasteiger partial charge on any atom is -0.388 e. The van der Waals surface area contributed by atoms with Gasteiger partial charge in [0.15, 0.2) is 11.6 Å². The summed E-state index contributed by atoms with van der Waals surface area (Å²) in [5, 5.41) is 10.1. The molecule has 2 rings (SSSR count). The lowest BCUT2D eigenvalue weighted by Gasteiger charge is -2.13. The molecular weight excluding hydrogens is 384 g/mol. The number of aliphatic hydroxyl groups is 1. The lowest BCUT2D eigenvalue weighted by molar-refractivity contribution is 0.176. The van der Waals surface area contributed by atoms with Gasteiger partial charge >= 0.3 is 0 Å². The molecule has 6 heteroatoms. The van der Waals surface area contributed by atoms with Crippen molar-refractivity contribution < 1.29 is 13.9 Å². The summed E-state index contributed by atoms with van der Waals surface area (Å²) < 4.78 is 27.1. The number of aliphatic hydroxyl groups excluding tert-OH is 1. The molecule has 100 valence electrons. The number of hydrogen-bond acceptors (Lipinski definition) is 2. The highest BCUT2D eigenvalue weighted by Gasteiger charge is 2.17. The molecule has 1 aromatic heterocycles. The highest BCUT2D eigenvalue weighted by molar-refractivity contribution is 9.10. The molecule has 0 radical (unpaired) electrons. The molecule has 1 aromatic carbocycles. The van der Waals surface area contributed by atoms with Gasteiger partial charge < -0.3 is 5.11 Å². The summed E-state index contributed by atoms with van der Waals surface area (Å²) in [4.78, 5) is 3.98. The molecule has 0 saturated carbocycles. The van der Waals surface area contributed by atoms with Gasteiger partial charge in [-0.3, -0.25) is 4.98 Å². The van der Waals surface area contributed by atoms with Gasteiger partial charge in [0.2, 0.25) is 0 Å². The Labute approximate surface area is 125 Å². The zero-order valence-electron chi connectivity index (χ0n) is 9.58. The van der Waals surface area contributed by atoms with Crippen LogP contribution in [-0.2, 0) is 6.42 Å². The Bertz CT molecular complexity index is 607. The monoisotopic (exact) mass is 391 g/mol. The van der Waals surface area contributed by atoms with Crippen molar-refractivity contribution in [2.45, 2.75) is 12.5 Å². The Morgan fingerprint density at radius 1 is 1.21 bits per heavy atom. The van der Waals surface area contributed by atoms with E-state index in [0.717, 1.165) is 16.1 Å². The van der Waals surface area contributed by atoms with Crippen molar-refractivity contribution in [1.82, 2.24) is 4.98 Å². The number of halogens is 4. The van der Waals surface area contributed by atoms with Crippen LogP contribution >= 0.6 is 31.9 Å². The fourth-order valence-corrected chi connectivity index (χ4v) is 2.70. The molecule has 0 amide bonds. The van der Waals surface area contributed by atoms with E-state index in [1.807, 2.05) is 6.07 Å². The summed E-state index contributed by atoms with van der Waals surface area (Å²) >= 11 is 6.24. The highest BCUT2D eigenvalue weighted by atomic mass is 79.9. The van der Waals surface area contributed by atoms with Gasteiger partial charge in [-0.25, -0.2) is 8.78 Å². The van der Waals surface area contributed by atoms with E-state index in [4.69, 9.17) is 0 Å². The van der Waals surface area contributed by atoms with Gasteiger partial charge in [0.25, 0.3) is 0 Å². The van der Waals surface area contributed by atoms with Crippen LogP contribution in [-0.4, -0.2) is 10.1 Å². The standard InChI is InChI=1S/C13H9Br2F2NO/c14-8-3-7(5-18-6-8)4-11(19)9-1-2-10(16)13(17)12(9)15/h1-3,5-6,11,19H,4H2. The second-order valence-electron chi connectivity index (χ2n) is 4.00. The lowest BCUT2D eigenvalue weighted by Crippen LogP contribution is -2.05. The van der Waals surface area contributed by atoms with Crippen LogP contribution in [0.3, 0.4) is 0 Å². The third-order valence-electron chi connectivity index (χ3n) is 2.61. The zero-order chi connectivity index (χ0) is 14.0. The topological polar surface area (TPSA) is 33.1 Å². The van der Waals surface area contributed by atoms with Gasteiger partial charge in [-0.2, -0.15) is 0 Å². The van der Waals surface area contributed by atoms with Crippen molar-refractivity contribution in [3.05, 3.63) is 62.3 Å². The molecule has 0 saturated heterocycles. The first-order valence-electron chi connectivity index (χ1n) is 5.40. The molecular formula is C13H9Br2F2NO. The van der Waals surface area contributed by atoms with E-state index in [1.54, 1.807) is 12.4 Å². The van der Waals surface area contributed by atoms with Crippen LogP contribution in [0.2, 0.25) is 0 Å². The normalized spacial score (nSPS) is 12.5. The first kappa shape index (κ1) is 14.6. The van der Waals surface area contributed by atoms with Crippen molar-refractivity contribution >= 4 is 31.9 Å². The van der Waals surface area contributed by atoms with Crippen LogP contribution in [0, 0.1) is 11.6 Å². The average Bonchev–Trinajstić information content (AvgIpc) is 2.36. The number of benzene rings is 1. The number of rotatable bonds is 3. The van der Waals surface area contributed by atoms with Crippen LogP contribution in [0.25, 0.3) is 0 Å². The first-order chi connectivity index (χ1) is 8.99. The fourth-order valence-electron chi connectivity index (χ4n) is 1.70. The molecule has 1 unspecified atom stereocenters. The molecule has 1 heterocycles. The predicted octanol–water partition coefficient (Wildman–Crippen LogP) is 4.16. The number of pyridine rings is 1. The number of nitrogens with zero attached hydrogens (tertiary/aromatic N) is 1. The van der Waals surface area contributed by atoms with Crippen molar-refractivity contribution in [1.29, 1.82) is 0 Å². The van der Waals surface area contributed by atoms with Crippen LogP contribution < -0.4 is 0 Å². The molecule has 0 aliphatic heterocycles. The Balaban J connectivity index is 2.25. The van der Waals surface area contributed by atoms with Crippen molar-refractivity contribution in [2.75, 3.05) is 0 Å². The van der Waals surface area contributed by atoms with E-state index < -0.39 is 17.7 Å². The maximum absolute atomic E-state index is 13.4. The average molecular weight is 393 g/mol. The third-order valence-corrected chi connectivity index (χ3v) is 3.85. The van der Waals surface area contributed by atoms with Gasteiger partial charge in [0.1, 0.15) is 0 Å². The summed E-state index contributed by atoms with van der Waals surface area (Å²) in [6.45, 7) is 0. The van der Waals surface area contributed by atoms with Gasteiger partial charge in [-0.1, -0.05) is 6.07 Å². The molecule has 2 aromatic rings. The van der Waals surface area contributed by atoms with E-state index in [1.165, 1.54) is 6.07 Å². The molecule has 2 nitrogen and oxygen atoms in total. The van der Waals surface area contributed by atoms with E-state index in [0.29, 0.717) is 5.56 Å². The van der Waals surface area contributed by atoms with Crippen LogP contribution in [0.1, 0.15) is 17.2 Å². The molecule has 19 heavy (non-hydrogen) atoms. The van der Waals surface area contributed by atoms with Gasteiger partial charge in [0, 0.05) is 23.3 Å². The number of hydrogen-bond donors (Lipinski definition) is 1. The van der Waals surface area contributed by atoms with Crippen molar-refractivity contribution in [3.8, 4) is 0 Å². The smallest absolute Gasteiger partial charge is 0.173 e. The summed E-state index contributed by atoms with van der Waals surface area (Å²) in [6.07, 6.45) is 2.56. The SMILES string of the molecule is OC(Cc1cncc(Br)c1)c1ccc(F)c(F)c1Br. The van der Waals surface area contributed by atoms with Crippen LogP contribution in [0.4, 0.5) is 8.78 Å². The van der Waals surface area contributed by atoms with Crippen LogP contribution in [0.5, 0.6) is 0 Å². The van der Waals surface area contributed by atoms with Gasteiger partial charge in [0.05, 0.1) is 10.6 Å². The highest BCUT2D eigenvalue weighted by Crippen LogP contribution is 2.29. The summed E-state index contributed by atoms with van der Waals surface area (Å²) in [7, 11) is 0. The van der Waals surface area contributed by atoms with E-state index in [-0.39, 0.29) is 10.9 Å². The van der Waals surface area contributed by atoms with E-state index >= 15 is 0 Å². The largest absolute Gasteiger partial charge is 0.388 e. The minimum atomic E-state index is -0.996. The molecule has 0 bridgehead atoms. The predicted molar refractivity (Wildman–Crippen MR) is 74.7 cm³/mol. The summed E-state index contributed by atoms with van der Waals surface area (Å²) in [6, 6.07) is 4.17. The molecule has 1 N–H and O–H groups in total. The number of aromatic nitrogens is 1. The van der Waals surface area contributed by atoms with Gasteiger partial charge in [-0.15, -0.1) is 0 Å². The quantitative estimate of drug-likeness (QED) is 0.795. The third kappa shape index (κ3) is 3.38. The maximum atomic E-state index is 13.4. The maximum Gasteiger partial charge on any atom is 0.173 e. The Morgan fingerprint density at radius 3 is 2.63 bits per heavy atom. The second kappa shape index (κ2) is 6.07. The summed E-state index contributed by atoms with van der Waals surface area (Å²) in [5.74, 6) is -1.95. The van der Waals surface area contributed by atoms with Crippen LogP contribution in [0.15, 0.2) is 39.5 Å². The zero-order valence-corrected chi connectivity index (χ0v) is 12.7. The Kier molecular flexibility index (Phi) is 4.65.